The lowest BCUT2D eigenvalue weighted by Crippen LogP contribution is -2.53. The largest absolute Gasteiger partial charge is 0.483 e. The van der Waals surface area contributed by atoms with Gasteiger partial charge < -0.3 is 15.4 Å². The molecule has 1 amide bonds. The number of piperazine rings is 1. The molecule has 116 valence electrons. The van der Waals surface area contributed by atoms with E-state index in [1.165, 1.54) is 0 Å². The number of hydrogen-bond donors (Lipinski definition) is 1. The monoisotopic (exact) mass is 291 g/mol. The number of carbonyl (C=O) groups excluding carboxylic acids is 1. The van der Waals surface area contributed by atoms with Crippen LogP contribution in [0.25, 0.3) is 0 Å². The SMILES string of the molecule is CCC1CN(C(=O)COc2ccccc2CN)CCN1C. The fourth-order valence-electron chi connectivity index (χ4n) is 2.66. The maximum atomic E-state index is 12.3. The Balaban J connectivity index is 1.90. The molecule has 1 saturated heterocycles. The molecule has 2 N–H and O–H groups in total. The van der Waals surface area contributed by atoms with Crippen LogP contribution >= 0.6 is 0 Å². The minimum Gasteiger partial charge on any atom is -0.483 e. The number of carbonyl (C=O) groups is 1. The summed E-state index contributed by atoms with van der Waals surface area (Å²) in [6.45, 7) is 5.13. The van der Waals surface area contributed by atoms with Crippen LogP contribution in [-0.2, 0) is 11.3 Å². The molecule has 0 bridgehead atoms. The lowest BCUT2D eigenvalue weighted by Gasteiger charge is -2.39. The molecule has 1 atom stereocenters. The summed E-state index contributed by atoms with van der Waals surface area (Å²) in [4.78, 5) is 16.5. The fraction of sp³-hybridized carbons (Fsp3) is 0.562. The van der Waals surface area contributed by atoms with E-state index in [9.17, 15) is 4.79 Å². The van der Waals surface area contributed by atoms with Crippen molar-refractivity contribution in [2.75, 3.05) is 33.3 Å². The lowest BCUT2D eigenvalue weighted by molar-refractivity contribution is -0.136. The number of nitrogens with two attached hydrogens (primary N) is 1. The molecule has 0 aromatic heterocycles. The summed E-state index contributed by atoms with van der Waals surface area (Å²) in [5, 5.41) is 0. The molecule has 5 heteroatoms. The van der Waals surface area contributed by atoms with Crippen LogP contribution in [0.15, 0.2) is 24.3 Å². The van der Waals surface area contributed by atoms with E-state index in [2.05, 4.69) is 18.9 Å². The third-order valence-corrected chi connectivity index (χ3v) is 4.14. The number of amides is 1. The summed E-state index contributed by atoms with van der Waals surface area (Å²) in [5.74, 6) is 0.753. The molecule has 0 saturated carbocycles. The highest BCUT2D eigenvalue weighted by Crippen LogP contribution is 2.17. The maximum Gasteiger partial charge on any atom is 0.260 e. The van der Waals surface area contributed by atoms with E-state index in [-0.39, 0.29) is 12.5 Å². The Hall–Kier alpha value is -1.59. The molecule has 2 rings (SSSR count). The first-order valence-electron chi connectivity index (χ1n) is 7.54. The van der Waals surface area contributed by atoms with Gasteiger partial charge in [-0.2, -0.15) is 0 Å². The van der Waals surface area contributed by atoms with Gasteiger partial charge in [-0.25, -0.2) is 0 Å². The van der Waals surface area contributed by atoms with Crippen molar-refractivity contribution in [3.63, 3.8) is 0 Å². The van der Waals surface area contributed by atoms with E-state index in [1.807, 2.05) is 29.2 Å². The van der Waals surface area contributed by atoms with Gasteiger partial charge in [0.15, 0.2) is 6.61 Å². The standard InChI is InChI=1S/C16H25N3O2/c1-3-14-11-19(9-8-18(14)2)16(20)12-21-15-7-5-4-6-13(15)10-17/h4-7,14H,3,8-12,17H2,1-2H3. The first-order chi connectivity index (χ1) is 10.2. The predicted molar refractivity (Wildman–Crippen MR) is 83.1 cm³/mol. The summed E-state index contributed by atoms with van der Waals surface area (Å²) in [6.07, 6.45) is 1.05. The Labute approximate surface area is 126 Å². The topological polar surface area (TPSA) is 58.8 Å². The van der Waals surface area contributed by atoms with E-state index in [1.54, 1.807) is 0 Å². The molecule has 1 fully saturated rings. The summed E-state index contributed by atoms with van der Waals surface area (Å²) >= 11 is 0. The van der Waals surface area contributed by atoms with Crippen molar-refractivity contribution in [2.24, 2.45) is 5.73 Å². The number of hydrogen-bond acceptors (Lipinski definition) is 4. The van der Waals surface area contributed by atoms with Gasteiger partial charge in [0, 0.05) is 37.8 Å². The zero-order valence-corrected chi connectivity index (χ0v) is 12.9. The normalized spacial score (nSPS) is 19.6. The zero-order chi connectivity index (χ0) is 15.2. The Bertz CT molecular complexity index is 478. The average Bonchev–Trinajstić information content (AvgIpc) is 2.53. The van der Waals surface area contributed by atoms with Crippen LogP contribution in [-0.4, -0.2) is 55.0 Å². The second-order valence-electron chi connectivity index (χ2n) is 5.48. The van der Waals surface area contributed by atoms with Crippen LogP contribution in [0.4, 0.5) is 0 Å². The van der Waals surface area contributed by atoms with Gasteiger partial charge in [0.2, 0.25) is 0 Å². The minimum atomic E-state index is 0.0494. The molecule has 1 aromatic rings. The van der Waals surface area contributed by atoms with E-state index in [4.69, 9.17) is 10.5 Å². The number of likely N-dealkylation sites (N-methyl/N-ethyl adjacent to an activating group) is 1. The van der Waals surface area contributed by atoms with Crippen molar-refractivity contribution < 1.29 is 9.53 Å². The van der Waals surface area contributed by atoms with Crippen LogP contribution in [0.3, 0.4) is 0 Å². The van der Waals surface area contributed by atoms with E-state index in [0.717, 1.165) is 31.6 Å². The Morgan fingerprint density at radius 3 is 2.86 bits per heavy atom. The highest BCUT2D eigenvalue weighted by molar-refractivity contribution is 5.78. The molecule has 1 aliphatic rings. The molecule has 1 unspecified atom stereocenters. The maximum absolute atomic E-state index is 12.3. The molecule has 0 spiro atoms. The second kappa shape index (κ2) is 7.43. The van der Waals surface area contributed by atoms with Gasteiger partial charge in [0.05, 0.1) is 0 Å². The van der Waals surface area contributed by atoms with Gasteiger partial charge in [-0.3, -0.25) is 9.69 Å². The molecular formula is C16H25N3O2. The molecule has 0 aliphatic carbocycles. The van der Waals surface area contributed by atoms with Crippen LogP contribution in [0.2, 0.25) is 0 Å². The smallest absolute Gasteiger partial charge is 0.260 e. The molecule has 0 radical (unpaired) electrons. The van der Waals surface area contributed by atoms with E-state index in [0.29, 0.717) is 18.3 Å². The Morgan fingerprint density at radius 2 is 2.14 bits per heavy atom. The Kier molecular flexibility index (Phi) is 5.59. The second-order valence-corrected chi connectivity index (χ2v) is 5.48. The van der Waals surface area contributed by atoms with E-state index >= 15 is 0 Å². The van der Waals surface area contributed by atoms with Crippen molar-refractivity contribution >= 4 is 5.91 Å². The number of para-hydroxylation sites is 1. The van der Waals surface area contributed by atoms with Gasteiger partial charge in [-0.1, -0.05) is 25.1 Å². The predicted octanol–water partition coefficient (Wildman–Crippen LogP) is 1.08. The third kappa shape index (κ3) is 3.95. The van der Waals surface area contributed by atoms with Crippen LogP contribution in [0, 0.1) is 0 Å². The van der Waals surface area contributed by atoms with Gasteiger partial charge in [0.1, 0.15) is 5.75 Å². The van der Waals surface area contributed by atoms with Crippen molar-refractivity contribution in [3.05, 3.63) is 29.8 Å². The number of benzene rings is 1. The number of rotatable bonds is 5. The van der Waals surface area contributed by atoms with Gasteiger partial charge in [-0.05, 0) is 19.5 Å². The highest BCUT2D eigenvalue weighted by atomic mass is 16.5. The fourth-order valence-corrected chi connectivity index (χ4v) is 2.66. The third-order valence-electron chi connectivity index (χ3n) is 4.14. The summed E-state index contributed by atoms with van der Waals surface area (Å²) < 4.78 is 5.65. The minimum absolute atomic E-state index is 0.0494. The molecule has 1 aliphatic heterocycles. The molecule has 5 nitrogen and oxygen atoms in total. The summed E-state index contributed by atoms with van der Waals surface area (Å²) in [7, 11) is 2.12. The highest BCUT2D eigenvalue weighted by Gasteiger charge is 2.26. The van der Waals surface area contributed by atoms with E-state index < -0.39 is 0 Å². The summed E-state index contributed by atoms with van der Waals surface area (Å²) in [6, 6.07) is 8.03. The Morgan fingerprint density at radius 1 is 1.38 bits per heavy atom. The molecule has 1 heterocycles. The van der Waals surface area contributed by atoms with Crippen molar-refractivity contribution in [3.8, 4) is 5.75 Å². The quantitative estimate of drug-likeness (QED) is 0.882. The first-order valence-corrected chi connectivity index (χ1v) is 7.54. The van der Waals surface area contributed by atoms with Crippen LogP contribution in [0.1, 0.15) is 18.9 Å². The van der Waals surface area contributed by atoms with Crippen LogP contribution < -0.4 is 10.5 Å². The average molecular weight is 291 g/mol. The van der Waals surface area contributed by atoms with Crippen molar-refractivity contribution in [1.82, 2.24) is 9.80 Å². The number of ether oxygens (including phenoxy) is 1. The lowest BCUT2D eigenvalue weighted by atomic mass is 10.1. The van der Waals surface area contributed by atoms with Gasteiger partial charge in [-0.15, -0.1) is 0 Å². The van der Waals surface area contributed by atoms with Crippen LogP contribution in [0.5, 0.6) is 5.75 Å². The zero-order valence-electron chi connectivity index (χ0n) is 12.9. The summed E-state index contributed by atoms with van der Waals surface area (Å²) in [5.41, 5.74) is 6.60. The first kappa shape index (κ1) is 15.8. The molecule has 21 heavy (non-hydrogen) atoms. The molecular weight excluding hydrogens is 266 g/mol. The number of nitrogens with zero attached hydrogens (tertiary/aromatic N) is 2. The molecule has 1 aromatic carbocycles. The van der Waals surface area contributed by atoms with Gasteiger partial charge in [0.25, 0.3) is 5.91 Å². The van der Waals surface area contributed by atoms with Gasteiger partial charge >= 0.3 is 0 Å². The van der Waals surface area contributed by atoms with Crippen molar-refractivity contribution in [2.45, 2.75) is 25.9 Å². The van der Waals surface area contributed by atoms with Crippen molar-refractivity contribution in [1.29, 1.82) is 0 Å².